The summed E-state index contributed by atoms with van der Waals surface area (Å²) in [5.41, 5.74) is 0. The van der Waals surface area contributed by atoms with E-state index in [1.165, 1.54) is 19.4 Å². The van der Waals surface area contributed by atoms with E-state index in [-0.39, 0.29) is 6.10 Å². The van der Waals surface area contributed by atoms with Crippen LogP contribution >= 0.6 is 0 Å². The molecule has 3 nitrogen and oxygen atoms in total. The minimum atomic E-state index is -0.108. The number of rotatable bonds is 7. The third-order valence-corrected chi connectivity index (χ3v) is 3.82. The van der Waals surface area contributed by atoms with E-state index >= 15 is 0 Å². The number of hydrogen-bond donors (Lipinski definition) is 2. The smallest absolute Gasteiger partial charge is 0.0540 e. The summed E-state index contributed by atoms with van der Waals surface area (Å²) in [4.78, 5) is 2.52. The lowest BCUT2D eigenvalue weighted by Gasteiger charge is -2.38. The molecular formula is C14H30N2O. The van der Waals surface area contributed by atoms with Gasteiger partial charge in [-0.3, -0.25) is 0 Å². The van der Waals surface area contributed by atoms with Crippen molar-refractivity contribution in [3.63, 3.8) is 0 Å². The summed E-state index contributed by atoms with van der Waals surface area (Å²) in [5.74, 6) is 0.660. The Labute approximate surface area is 107 Å². The first-order chi connectivity index (χ1) is 8.19. The van der Waals surface area contributed by atoms with Crippen molar-refractivity contribution < 1.29 is 5.11 Å². The summed E-state index contributed by atoms with van der Waals surface area (Å²) in [7, 11) is 0. The summed E-state index contributed by atoms with van der Waals surface area (Å²) in [5, 5.41) is 13.4. The zero-order valence-corrected chi connectivity index (χ0v) is 11.8. The van der Waals surface area contributed by atoms with Crippen LogP contribution < -0.4 is 5.32 Å². The Morgan fingerprint density at radius 2 is 2.06 bits per heavy atom. The van der Waals surface area contributed by atoms with Gasteiger partial charge in [0.1, 0.15) is 0 Å². The van der Waals surface area contributed by atoms with Crippen molar-refractivity contribution in [2.75, 3.05) is 26.2 Å². The number of nitrogens with one attached hydrogen (secondary N) is 1. The van der Waals surface area contributed by atoms with Crippen molar-refractivity contribution in [2.24, 2.45) is 5.92 Å². The molecule has 0 amide bonds. The highest BCUT2D eigenvalue weighted by atomic mass is 16.3. The van der Waals surface area contributed by atoms with Crippen molar-refractivity contribution in [1.29, 1.82) is 0 Å². The molecule has 3 unspecified atom stereocenters. The first-order valence-corrected chi connectivity index (χ1v) is 7.33. The minimum absolute atomic E-state index is 0.108. The highest BCUT2D eigenvalue weighted by Gasteiger charge is 2.27. The van der Waals surface area contributed by atoms with Crippen LogP contribution in [0.15, 0.2) is 0 Å². The van der Waals surface area contributed by atoms with Gasteiger partial charge in [-0.15, -0.1) is 0 Å². The van der Waals surface area contributed by atoms with Crippen LogP contribution in [0.25, 0.3) is 0 Å². The Morgan fingerprint density at radius 1 is 1.29 bits per heavy atom. The first kappa shape index (κ1) is 14.9. The molecule has 17 heavy (non-hydrogen) atoms. The second kappa shape index (κ2) is 8.06. The molecule has 3 atom stereocenters. The molecule has 1 heterocycles. The van der Waals surface area contributed by atoms with E-state index in [4.69, 9.17) is 0 Å². The first-order valence-electron chi connectivity index (χ1n) is 7.33. The molecule has 102 valence electrons. The van der Waals surface area contributed by atoms with E-state index in [9.17, 15) is 5.11 Å². The summed E-state index contributed by atoms with van der Waals surface area (Å²) >= 11 is 0. The Balaban J connectivity index is 2.42. The van der Waals surface area contributed by atoms with Gasteiger partial charge in [0.2, 0.25) is 0 Å². The fourth-order valence-electron chi connectivity index (χ4n) is 2.78. The monoisotopic (exact) mass is 242 g/mol. The molecule has 3 heteroatoms. The highest BCUT2D eigenvalue weighted by Crippen LogP contribution is 2.22. The maximum absolute atomic E-state index is 9.79. The molecule has 2 N–H and O–H groups in total. The predicted octanol–water partition coefficient (Wildman–Crippen LogP) is 1.86. The van der Waals surface area contributed by atoms with E-state index in [1.54, 1.807) is 0 Å². The van der Waals surface area contributed by atoms with Crippen LogP contribution in [0.1, 0.15) is 46.5 Å². The van der Waals surface area contributed by atoms with Gasteiger partial charge in [-0.05, 0) is 44.7 Å². The average Bonchev–Trinajstić information content (AvgIpc) is 2.35. The van der Waals surface area contributed by atoms with Crippen LogP contribution in [0.3, 0.4) is 0 Å². The molecule has 1 saturated heterocycles. The Morgan fingerprint density at radius 3 is 2.65 bits per heavy atom. The van der Waals surface area contributed by atoms with Crippen molar-refractivity contribution in [2.45, 2.75) is 58.6 Å². The van der Waals surface area contributed by atoms with Gasteiger partial charge in [0, 0.05) is 19.1 Å². The number of likely N-dealkylation sites (tertiary alicyclic amines) is 1. The van der Waals surface area contributed by atoms with Crippen LogP contribution in [-0.4, -0.2) is 48.3 Å². The Hall–Kier alpha value is -0.120. The fraction of sp³-hybridized carbons (Fsp3) is 1.00. The van der Waals surface area contributed by atoms with Crippen molar-refractivity contribution >= 4 is 0 Å². The van der Waals surface area contributed by atoms with Crippen LogP contribution in [0.4, 0.5) is 0 Å². The number of likely N-dealkylation sites (N-methyl/N-ethyl adjacent to an activating group) is 1. The van der Waals surface area contributed by atoms with E-state index in [2.05, 4.69) is 31.0 Å². The number of hydrogen-bond acceptors (Lipinski definition) is 3. The Kier molecular flexibility index (Phi) is 7.09. The highest BCUT2D eigenvalue weighted by molar-refractivity contribution is 4.84. The van der Waals surface area contributed by atoms with E-state index in [0.717, 1.165) is 32.5 Å². The van der Waals surface area contributed by atoms with E-state index in [0.29, 0.717) is 12.0 Å². The summed E-state index contributed by atoms with van der Waals surface area (Å²) < 4.78 is 0. The van der Waals surface area contributed by atoms with Gasteiger partial charge in [-0.25, -0.2) is 0 Å². The molecule has 0 bridgehead atoms. The molecule has 1 aliphatic rings. The number of nitrogens with zero attached hydrogens (tertiary/aromatic N) is 1. The lowest BCUT2D eigenvalue weighted by molar-refractivity contribution is 0.0864. The average molecular weight is 242 g/mol. The third kappa shape index (κ3) is 5.36. The van der Waals surface area contributed by atoms with Gasteiger partial charge in [0.05, 0.1) is 6.10 Å². The van der Waals surface area contributed by atoms with Crippen molar-refractivity contribution in [3.8, 4) is 0 Å². The van der Waals surface area contributed by atoms with Gasteiger partial charge in [0.25, 0.3) is 0 Å². The zero-order chi connectivity index (χ0) is 12.7. The molecule has 0 aromatic heterocycles. The van der Waals surface area contributed by atoms with Crippen molar-refractivity contribution in [3.05, 3.63) is 0 Å². The van der Waals surface area contributed by atoms with E-state index in [1.807, 2.05) is 0 Å². The lowest BCUT2D eigenvalue weighted by atomic mass is 9.89. The fourth-order valence-corrected chi connectivity index (χ4v) is 2.78. The second-order valence-corrected chi connectivity index (χ2v) is 5.40. The lowest BCUT2D eigenvalue weighted by Crippen LogP contribution is -2.49. The molecule has 0 aromatic carbocycles. The van der Waals surface area contributed by atoms with Crippen molar-refractivity contribution in [1.82, 2.24) is 10.2 Å². The topological polar surface area (TPSA) is 35.5 Å². The molecular weight excluding hydrogens is 212 g/mol. The molecule has 1 rings (SSSR count). The molecule has 0 aromatic rings. The predicted molar refractivity (Wildman–Crippen MR) is 73.2 cm³/mol. The zero-order valence-electron chi connectivity index (χ0n) is 11.8. The van der Waals surface area contributed by atoms with Gasteiger partial charge in [0.15, 0.2) is 0 Å². The van der Waals surface area contributed by atoms with Crippen LogP contribution in [0, 0.1) is 5.92 Å². The molecule has 1 aliphatic heterocycles. The maximum atomic E-state index is 9.79. The largest absolute Gasteiger partial charge is 0.393 e. The van der Waals surface area contributed by atoms with Crippen LogP contribution in [0.2, 0.25) is 0 Å². The quantitative estimate of drug-likeness (QED) is 0.715. The van der Waals surface area contributed by atoms with E-state index < -0.39 is 0 Å². The van der Waals surface area contributed by atoms with Gasteiger partial charge in [-0.2, -0.15) is 0 Å². The molecule has 0 aliphatic carbocycles. The van der Waals surface area contributed by atoms with Gasteiger partial charge >= 0.3 is 0 Å². The van der Waals surface area contributed by atoms with Gasteiger partial charge in [-0.1, -0.05) is 20.8 Å². The second-order valence-electron chi connectivity index (χ2n) is 5.40. The van der Waals surface area contributed by atoms with Gasteiger partial charge < -0.3 is 15.3 Å². The summed E-state index contributed by atoms with van der Waals surface area (Å²) in [6.45, 7) is 11.1. The third-order valence-electron chi connectivity index (χ3n) is 3.82. The molecule has 0 radical (unpaired) electrons. The number of aliphatic hydroxyl groups excluding tert-OH is 1. The standard InChI is InChI=1S/C14H30N2O/c1-4-7-15-13-8-12(9-14(17)5-2)10-16(6-3)11-13/h12-15,17H,4-11H2,1-3H3. The molecule has 1 fully saturated rings. The molecule has 0 spiro atoms. The van der Waals surface area contributed by atoms with Crippen LogP contribution in [-0.2, 0) is 0 Å². The summed E-state index contributed by atoms with van der Waals surface area (Å²) in [6.07, 6.45) is 4.18. The van der Waals surface area contributed by atoms with Crippen LogP contribution in [0.5, 0.6) is 0 Å². The number of aliphatic hydroxyl groups is 1. The molecule has 0 saturated carbocycles. The summed E-state index contributed by atoms with van der Waals surface area (Å²) in [6, 6.07) is 0.623. The Bertz CT molecular complexity index is 197. The maximum Gasteiger partial charge on any atom is 0.0540 e. The SMILES string of the molecule is CCCNC1CC(CC(O)CC)CN(CC)C1. The normalized spacial score (nSPS) is 28.2. The minimum Gasteiger partial charge on any atom is -0.393 e. The number of piperidine rings is 1.